The Labute approximate surface area is 142 Å². The maximum Gasteiger partial charge on any atom is 0.338 e. The van der Waals surface area contributed by atoms with Gasteiger partial charge in [0.2, 0.25) is 0 Å². The van der Waals surface area contributed by atoms with Gasteiger partial charge in [-0.25, -0.2) is 9.59 Å². The van der Waals surface area contributed by atoms with Crippen LogP contribution in [0, 0.1) is 5.92 Å². The fourth-order valence-electron chi connectivity index (χ4n) is 1.98. The van der Waals surface area contributed by atoms with E-state index in [4.69, 9.17) is 4.74 Å². The molecule has 126 valence electrons. The van der Waals surface area contributed by atoms with E-state index < -0.39 is 0 Å². The van der Waals surface area contributed by atoms with Crippen molar-refractivity contribution < 1.29 is 14.3 Å². The Balaban J connectivity index is 1.85. The zero-order chi connectivity index (χ0) is 17.4. The molecule has 0 spiro atoms. The molecule has 0 aliphatic heterocycles. The van der Waals surface area contributed by atoms with Crippen LogP contribution in [0.5, 0.6) is 0 Å². The van der Waals surface area contributed by atoms with Crippen LogP contribution in [0.2, 0.25) is 0 Å². The van der Waals surface area contributed by atoms with E-state index in [9.17, 15) is 9.59 Å². The quantitative estimate of drug-likeness (QED) is 0.766. The number of carbonyl (C=O) groups is 2. The van der Waals surface area contributed by atoms with Gasteiger partial charge < -0.3 is 15.4 Å². The first-order chi connectivity index (χ1) is 11.5. The van der Waals surface area contributed by atoms with Crippen molar-refractivity contribution in [2.24, 2.45) is 5.92 Å². The third kappa shape index (κ3) is 5.76. The standard InChI is InChI=1S/C19H22N2O3/c1-14(2)12-13-24-18(22)15-8-10-17(11-9-15)21-19(23)20-16-6-4-3-5-7-16/h3-11,14H,12-13H2,1-2H3,(H2,20,21,23). The first-order valence-electron chi connectivity index (χ1n) is 7.95. The molecule has 5 heteroatoms. The largest absolute Gasteiger partial charge is 0.462 e. The molecule has 2 rings (SSSR count). The van der Waals surface area contributed by atoms with Gasteiger partial charge in [0.15, 0.2) is 0 Å². The summed E-state index contributed by atoms with van der Waals surface area (Å²) in [7, 11) is 0. The van der Waals surface area contributed by atoms with Crippen molar-refractivity contribution in [2.75, 3.05) is 17.2 Å². The van der Waals surface area contributed by atoms with Crippen LogP contribution in [0.15, 0.2) is 54.6 Å². The molecular weight excluding hydrogens is 304 g/mol. The van der Waals surface area contributed by atoms with Crippen molar-refractivity contribution in [1.82, 2.24) is 0 Å². The number of nitrogens with one attached hydrogen (secondary N) is 2. The number of benzene rings is 2. The van der Waals surface area contributed by atoms with Crippen LogP contribution < -0.4 is 10.6 Å². The highest BCUT2D eigenvalue weighted by atomic mass is 16.5. The van der Waals surface area contributed by atoms with Crippen molar-refractivity contribution in [3.05, 3.63) is 60.2 Å². The van der Waals surface area contributed by atoms with E-state index in [1.54, 1.807) is 36.4 Å². The molecule has 5 nitrogen and oxygen atoms in total. The molecule has 2 aromatic carbocycles. The fraction of sp³-hybridized carbons (Fsp3) is 0.263. The van der Waals surface area contributed by atoms with Crippen molar-refractivity contribution >= 4 is 23.4 Å². The number of amides is 2. The molecule has 0 aliphatic rings. The predicted octanol–water partition coefficient (Wildman–Crippen LogP) is 4.53. The summed E-state index contributed by atoms with van der Waals surface area (Å²) < 4.78 is 5.20. The van der Waals surface area contributed by atoms with Crippen LogP contribution in [0.4, 0.5) is 16.2 Å². The molecular formula is C19H22N2O3. The first-order valence-corrected chi connectivity index (χ1v) is 7.95. The molecule has 2 N–H and O–H groups in total. The lowest BCUT2D eigenvalue weighted by Gasteiger charge is -2.09. The third-order valence-corrected chi connectivity index (χ3v) is 3.34. The minimum Gasteiger partial charge on any atom is -0.462 e. The summed E-state index contributed by atoms with van der Waals surface area (Å²) in [5.41, 5.74) is 1.77. The molecule has 0 bridgehead atoms. The first kappa shape index (κ1) is 17.5. The van der Waals surface area contributed by atoms with Crippen LogP contribution in [-0.2, 0) is 4.74 Å². The number of para-hydroxylation sites is 1. The van der Waals surface area contributed by atoms with Gasteiger partial charge >= 0.3 is 12.0 Å². The lowest BCUT2D eigenvalue weighted by atomic mass is 10.1. The van der Waals surface area contributed by atoms with Gasteiger partial charge in [-0.1, -0.05) is 32.0 Å². The Bertz CT molecular complexity index is 667. The Morgan fingerprint density at radius 2 is 1.50 bits per heavy atom. The van der Waals surface area contributed by atoms with Gasteiger partial charge in [-0.15, -0.1) is 0 Å². The highest BCUT2D eigenvalue weighted by molar-refractivity contribution is 6.00. The maximum absolute atomic E-state index is 11.9. The lowest BCUT2D eigenvalue weighted by molar-refractivity contribution is 0.0488. The smallest absolute Gasteiger partial charge is 0.338 e. The second kappa shape index (κ2) is 8.72. The molecule has 0 aliphatic carbocycles. The van der Waals surface area contributed by atoms with Crippen molar-refractivity contribution in [1.29, 1.82) is 0 Å². The van der Waals surface area contributed by atoms with Gasteiger partial charge in [-0.05, 0) is 48.7 Å². The molecule has 0 radical (unpaired) electrons. The van der Waals surface area contributed by atoms with E-state index in [-0.39, 0.29) is 12.0 Å². The van der Waals surface area contributed by atoms with Crippen LogP contribution in [0.3, 0.4) is 0 Å². The van der Waals surface area contributed by atoms with Gasteiger partial charge in [0.25, 0.3) is 0 Å². The number of rotatable bonds is 6. The number of esters is 1. The number of anilines is 2. The van der Waals surface area contributed by atoms with Gasteiger partial charge in [0, 0.05) is 11.4 Å². The van der Waals surface area contributed by atoms with Crippen LogP contribution in [0.25, 0.3) is 0 Å². The Morgan fingerprint density at radius 3 is 2.08 bits per heavy atom. The fourth-order valence-corrected chi connectivity index (χ4v) is 1.98. The van der Waals surface area contributed by atoms with Gasteiger partial charge in [0.05, 0.1) is 12.2 Å². The second-order valence-electron chi connectivity index (χ2n) is 5.84. The molecule has 0 saturated heterocycles. The number of ether oxygens (including phenoxy) is 1. The highest BCUT2D eigenvalue weighted by Crippen LogP contribution is 2.12. The number of carbonyl (C=O) groups excluding carboxylic acids is 2. The molecule has 0 heterocycles. The number of hydrogen-bond donors (Lipinski definition) is 2. The molecule has 2 aromatic rings. The molecule has 0 unspecified atom stereocenters. The average molecular weight is 326 g/mol. The Hall–Kier alpha value is -2.82. The summed E-state index contributed by atoms with van der Waals surface area (Å²) in [5.74, 6) is 0.142. The van der Waals surface area contributed by atoms with E-state index >= 15 is 0 Å². The van der Waals surface area contributed by atoms with Gasteiger partial charge in [0.1, 0.15) is 0 Å². The highest BCUT2D eigenvalue weighted by Gasteiger charge is 2.08. The summed E-state index contributed by atoms with van der Waals surface area (Å²) in [6.07, 6.45) is 0.838. The minimum atomic E-state index is -0.351. The van der Waals surface area contributed by atoms with Gasteiger partial charge in [-0.3, -0.25) is 0 Å². The molecule has 0 aromatic heterocycles. The van der Waals surface area contributed by atoms with Crippen molar-refractivity contribution in [2.45, 2.75) is 20.3 Å². The topological polar surface area (TPSA) is 67.4 Å². The van der Waals surface area contributed by atoms with E-state index in [1.807, 2.05) is 18.2 Å². The second-order valence-corrected chi connectivity index (χ2v) is 5.84. The Morgan fingerprint density at radius 1 is 0.917 bits per heavy atom. The summed E-state index contributed by atoms with van der Waals surface area (Å²) in [6.45, 7) is 4.57. The summed E-state index contributed by atoms with van der Waals surface area (Å²) >= 11 is 0. The summed E-state index contributed by atoms with van der Waals surface area (Å²) in [6, 6.07) is 15.4. The molecule has 2 amide bonds. The predicted molar refractivity (Wildman–Crippen MR) is 95.3 cm³/mol. The van der Waals surface area contributed by atoms with Crippen molar-refractivity contribution in [3.8, 4) is 0 Å². The SMILES string of the molecule is CC(C)CCOC(=O)c1ccc(NC(=O)Nc2ccccc2)cc1. The van der Waals surface area contributed by atoms with E-state index in [0.29, 0.717) is 29.5 Å². The summed E-state index contributed by atoms with van der Waals surface area (Å²) in [4.78, 5) is 23.8. The van der Waals surface area contributed by atoms with E-state index in [0.717, 1.165) is 6.42 Å². The zero-order valence-corrected chi connectivity index (χ0v) is 13.9. The van der Waals surface area contributed by atoms with Crippen LogP contribution in [-0.4, -0.2) is 18.6 Å². The Kier molecular flexibility index (Phi) is 6.37. The normalized spacial score (nSPS) is 10.3. The molecule has 0 atom stereocenters. The average Bonchev–Trinajstić information content (AvgIpc) is 2.56. The van der Waals surface area contributed by atoms with Crippen LogP contribution in [0.1, 0.15) is 30.6 Å². The molecule has 0 saturated carbocycles. The molecule has 24 heavy (non-hydrogen) atoms. The van der Waals surface area contributed by atoms with Gasteiger partial charge in [-0.2, -0.15) is 0 Å². The minimum absolute atomic E-state index is 0.339. The van der Waals surface area contributed by atoms with E-state index in [1.165, 1.54) is 0 Å². The molecule has 0 fully saturated rings. The van der Waals surface area contributed by atoms with Crippen molar-refractivity contribution in [3.63, 3.8) is 0 Å². The number of hydrogen-bond acceptors (Lipinski definition) is 3. The summed E-state index contributed by atoms with van der Waals surface area (Å²) in [5, 5.41) is 5.44. The maximum atomic E-state index is 11.9. The van der Waals surface area contributed by atoms with E-state index in [2.05, 4.69) is 24.5 Å². The zero-order valence-electron chi connectivity index (χ0n) is 13.9. The number of urea groups is 1. The monoisotopic (exact) mass is 326 g/mol. The third-order valence-electron chi connectivity index (χ3n) is 3.34. The van der Waals surface area contributed by atoms with Crippen LogP contribution >= 0.6 is 0 Å². The lowest BCUT2D eigenvalue weighted by Crippen LogP contribution is -2.19.